The van der Waals surface area contributed by atoms with Gasteiger partial charge in [0, 0.05) is 18.2 Å². The Morgan fingerprint density at radius 1 is 1.35 bits per heavy atom. The van der Waals surface area contributed by atoms with Crippen LogP contribution in [0.4, 0.5) is 0 Å². The van der Waals surface area contributed by atoms with Gasteiger partial charge in [-0.1, -0.05) is 31.8 Å². The summed E-state index contributed by atoms with van der Waals surface area (Å²) in [5.74, 6) is -0.0649. The summed E-state index contributed by atoms with van der Waals surface area (Å²) in [5, 5.41) is 12.2. The van der Waals surface area contributed by atoms with Crippen LogP contribution in [0.15, 0.2) is 11.6 Å². The molecule has 0 saturated heterocycles. The van der Waals surface area contributed by atoms with Crippen LogP contribution in [0.25, 0.3) is 0 Å². The van der Waals surface area contributed by atoms with E-state index in [9.17, 15) is 4.79 Å². The lowest BCUT2D eigenvalue weighted by Gasteiger charge is -2.23. The Labute approximate surface area is 104 Å². The van der Waals surface area contributed by atoms with Gasteiger partial charge in [0.15, 0.2) is 0 Å². The van der Waals surface area contributed by atoms with Crippen molar-refractivity contribution in [1.82, 2.24) is 5.32 Å². The molecule has 1 saturated carbocycles. The topological polar surface area (TPSA) is 49.3 Å². The van der Waals surface area contributed by atoms with E-state index in [0.29, 0.717) is 18.2 Å². The first kappa shape index (κ1) is 14.2. The number of hydrogen-bond acceptors (Lipinski definition) is 2. The second-order valence-electron chi connectivity index (χ2n) is 5.14. The van der Waals surface area contributed by atoms with E-state index in [0.717, 1.165) is 5.92 Å². The van der Waals surface area contributed by atoms with E-state index < -0.39 is 5.97 Å². The minimum absolute atomic E-state index is 0.422. The number of carboxylic acid groups (broad SMARTS) is 1. The molecule has 1 aliphatic rings. The molecular formula is C14H25NO2. The minimum atomic E-state index is -0.825. The van der Waals surface area contributed by atoms with E-state index >= 15 is 0 Å². The molecule has 0 aromatic carbocycles. The van der Waals surface area contributed by atoms with Crippen LogP contribution in [0.1, 0.15) is 52.4 Å². The van der Waals surface area contributed by atoms with Crippen molar-refractivity contribution in [3.8, 4) is 0 Å². The van der Waals surface area contributed by atoms with Crippen molar-refractivity contribution in [3.63, 3.8) is 0 Å². The molecule has 3 nitrogen and oxygen atoms in total. The van der Waals surface area contributed by atoms with Gasteiger partial charge in [0.05, 0.1) is 0 Å². The number of rotatable bonds is 5. The second-order valence-corrected chi connectivity index (χ2v) is 5.14. The Kier molecular flexibility index (Phi) is 6.27. The highest BCUT2D eigenvalue weighted by molar-refractivity contribution is 5.85. The van der Waals surface area contributed by atoms with Crippen LogP contribution >= 0.6 is 0 Å². The van der Waals surface area contributed by atoms with Crippen LogP contribution in [0.3, 0.4) is 0 Å². The van der Waals surface area contributed by atoms with Crippen molar-refractivity contribution in [2.24, 2.45) is 5.92 Å². The maximum atomic E-state index is 10.6. The van der Waals surface area contributed by atoms with Gasteiger partial charge < -0.3 is 10.4 Å². The highest BCUT2D eigenvalue weighted by atomic mass is 16.4. The lowest BCUT2D eigenvalue weighted by Crippen LogP contribution is -2.33. The molecule has 98 valence electrons. The zero-order chi connectivity index (χ0) is 12.7. The molecule has 0 amide bonds. The van der Waals surface area contributed by atoms with Crippen LogP contribution in [-0.2, 0) is 4.79 Å². The molecule has 17 heavy (non-hydrogen) atoms. The van der Waals surface area contributed by atoms with E-state index in [4.69, 9.17) is 5.11 Å². The summed E-state index contributed by atoms with van der Waals surface area (Å²) in [6.07, 6.45) is 9.84. The standard InChI is InChI=1S/C14H25NO2/c1-11(14(16)17)9-10-15-12(2)13-7-5-3-4-6-8-13/h9,12-13,15H,3-8,10H2,1-2H3,(H,16,17)/b11-9-/t12-/m1/s1. The molecule has 1 atom stereocenters. The van der Waals surface area contributed by atoms with E-state index in [1.54, 1.807) is 13.0 Å². The third-order valence-corrected chi connectivity index (χ3v) is 3.79. The zero-order valence-electron chi connectivity index (χ0n) is 11.0. The number of nitrogens with one attached hydrogen (secondary N) is 1. The van der Waals surface area contributed by atoms with Gasteiger partial charge in [-0.25, -0.2) is 4.79 Å². The van der Waals surface area contributed by atoms with Crippen LogP contribution in [0.5, 0.6) is 0 Å². The van der Waals surface area contributed by atoms with Gasteiger partial charge in [0.1, 0.15) is 0 Å². The van der Waals surface area contributed by atoms with Gasteiger partial charge in [-0.3, -0.25) is 0 Å². The maximum Gasteiger partial charge on any atom is 0.330 e. The smallest absolute Gasteiger partial charge is 0.330 e. The van der Waals surface area contributed by atoms with E-state index in [-0.39, 0.29) is 0 Å². The van der Waals surface area contributed by atoms with Crippen LogP contribution in [0.2, 0.25) is 0 Å². The summed E-state index contributed by atoms with van der Waals surface area (Å²) < 4.78 is 0. The summed E-state index contributed by atoms with van der Waals surface area (Å²) in [6, 6.07) is 0.492. The molecule has 0 aliphatic heterocycles. The Morgan fingerprint density at radius 3 is 2.47 bits per heavy atom. The lowest BCUT2D eigenvalue weighted by atomic mass is 9.93. The van der Waals surface area contributed by atoms with Crippen molar-refractivity contribution >= 4 is 5.97 Å². The summed E-state index contributed by atoms with van der Waals surface area (Å²) in [4.78, 5) is 10.6. The summed E-state index contributed by atoms with van der Waals surface area (Å²) in [7, 11) is 0. The van der Waals surface area contributed by atoms with E-state index in [1.165, 1.54) is 38.5 Å². The van der Waals surface area contributed by atoms with Gasteiger partial charge in [-0.2, -0.15) is 0 Å². The van der Waals surface area contributed by atoms with Crippen LogP contribution in [0, 0.1) is 5.92 Å². The third kappa shape index (κ3) is 5.35. The summed E-state index contributed by atoms with van der Waals surface area (Å²) in [6.45, 7) is 4.52. The predicted octanol–water partition coefficient (Wildman–Crippen LogP) is 2.97. The van der Waals surface area contributed by atoms with Crippen molar-refractivity contribution in [2.75, 3.05) is 6.54 Å². The Balaban J connectivity index is 2.30. The van der Waals surface area contributed by atoms with Gasteiger partial charge in [-0.05, 0) is 32.6 Å². The van der Waals surface area contributed by atoms with Gasteiger partial charge in [-0.15, -0.1) is 0 Å². The molecule has 1 fully saturated rings. The van der Waals surface area contributed by atoms with Gasteiger partial charge >= 0.3 is 5.97 Å². The normalized spacial score (nSPS) is 20.9. The van der Waals surface area contributed by atoms with Gasteiger partial charge in [0.2, 0.25) is 0 Å². The van der Waals surface area contributed by atoms with Crippen LogP contribution in [-0.4, -0.2) is 23.7 Å². The number of carboxylic acids is 1. The third-order valence-electron chi connectivity index (χ3n) is 3.79. The average Bonchev–Trinajstić information content (AvgIpc) is 2.57. The fourth-order valence-electron chi connectivity index (χ4n) is 2.46. The van der Waals surface area contributed by atoms with Crippen molar-refractivity contribution < 1.29 is 9.90 Å². The molecule has 0 heterocycles. The molecule has 0 aromatic rings. The quantitative estimate of drug-likeness (QED) is 0.573. The first-order valence-corrected chi connectivity index (χ1v) is 6.74. The number of carbonyl (C=O) groups is 1. The average molecular weight is 239 g/mol. The van der Waals surface area contributed by atoms with Crippen molar-refractivity contribution in [1.29, 1.82) is 0 Å². The van der Waals surface area contributed by atoms with Crippen molar-refractivity contribution in [3.05, 3.63) is 11.6 Å². The molecule has 0 spiro atoms. The highest BCUT2D eigenvalue weighted by Gasteiger charge is 2.17. The summed E-state index contributed by atoms with van der Waals surface area (Å²) >= 11 is 0. The maximum absolute atomic E-state index is 10.6. The highest BCUT2D eigenvalue weighted by Crippen LogP contribution is 2.25. The summed E-state index contributed by atoms with van der Waals surface area (Å²) in [5.41, 5.74) is 0.422. The molecule has 0 unspecified atom stereocenters. The minimum Gasteiger partial charge on any atom is -0.478 e. The van der Waals surface area contributed by atoms with Crippen molar-refractivity contribution in [2.45, 2.75) is 58.4 Å². The monoisotopic (exact) mass is 239 g/mol. The first-order chi connectivity index (χ1) is 8.11. The fourth-order valence-corrected chi connectivity index (χ4v) is 2.46. The Hall–Kier alpha value is -0.830. The molecule has 1 aliphatic carbocycles. The molecule has 0 bridgehead atoms. The molecular weight excluding hydrogens is 214 g/mol. The van der Waals surface area contributed by atoms with E-state index in [1.807, 2.05) is 0 Å². The molecule has 0 radical (unpaired) electrons. The SMILES string of the molecule is C/C(=C/CN[C@H](C)C1CCCCCC1)C(=O)O. The fraction of sp³-hybridized carbons (Fsp3) is 0.786. The number of aliphatic carboxylic acids is 1. The van der Waals surface area contributed by atoms with Crippen LogP contribution < -0.4 is 5.32 Å². The second kappa shape index (κ2) is 7.49. The molecule has 1 rings (SSSR count). The van der Waals surface area contributed by atoms with Gasteiger partial charge in [0.25, 0.3) is 0 Å². The Bertz CT molecular complexity index is 265. The largest absolute Gasteiger partial charge is 0.478 e. The molecule has 0 aromatic heterocycles. The number of hydrogen-bond donors (Lipinski definition) is 2. The lowest BCUT2D eigenvalue weighted by molar-refractivity contribution is -0.132. The first-order valence-electron chi connectivity index (χ1n) is 6.74. The Morgan fingerprint density at radius 2 is 1.94 bits per heavy atom. The molecule has 2 N–H and O–H groups in total. The van der Waals surface area contributed by atoms with E-state index in [2.05, 4.69) is 12.2 Å². The zero-order valence-corrected chi connectivity index (χ0v) is 11.0. The predicted molar refractivity (Wildman–Crippen MR) is 70.0 cm³/mol. The molecule has 3 heteroatoms.